The first kappa shape index (κ1) is 18.0. The van der Waals surface area contributed by atoms with Crippen LogP contribution >= 0.6 is 0 Å². The summed E-state index contributed by atoms with van der Waals surface area (Å²) in [6, 6.07) is 8.83. The second kappa shape index (κ2) is 12.0. The lowest BCUT2D eigenvalue weighted by Gasteiger charge is -2.17. The number of benzene rings is 1. The molecular weight excluding hydrogens is 232 g/mol. The van der Waals surface area contributed by atoms with Gasteiger partial charge in [-0.2, -0.15) is 0 Å². The first-order valence-corrected chi connectivity index (χ1v) is 7.85. The van der Waals surface area contributed by atoms with E-state index in [1.807, 2.05) is 13.8 Å². The van der Waals surface area contributed by atoms with Crippen LogP contribution in [0.3, 0.4) is 0 Å². The lowest BCUT2D eigenvalue weighted by atomic mass is 10.1. The summed E-state index contributed by atoms with van der Waals surface area (Å²) in [5.74, 6) is 0. The molecule has 0 aliphatic carbocycles. The fourth-order valence-corrected chi connectivity index (χ4v) is 2.04. The Hall–Kier alpha value is -1.02. The number of rotatable bonds is 8. The highest BCUT2D eigenvalue weighted by Crippen LogP contribution is 2.11. The molecule has 0 fully saturated rings. The number of aryl methyl sites for hydroxylation is 1. The number of hydrogen-bond donors (Lipinski definition) is 1. The molecule has 2 nitrogen and oxygen atoms in total. The molecule has 0 saturated heterocycles. The quantitative estimate of drug-likeness (QED) is 0.747. The van der Waals surface area contributed by atoms with E-state index in [4.69, 9.17) is 0 Å². The molecule has 0 aliphatic heterocycles. The molecule has 0 heterocycles. The molecule has 0 saturated carbocycles. The largest absolute Gasteiger partial charge is 0.385 e. The van der Waals surface area contributed by atoms with Crippen LogP contribution in [-0.4, -0.2) is 31.1 Å². The van der Waals surface area contributed by atoms with Crippen LogP contribution < -0.4 is 5.32 Å². The van der Waals surface area contributed by atoms with Crippen molar-refractivity contribution >= 4 is 5.69 Å². The van der Waals surface area contributed by atoms with E-state index in [-0.39, 0.29) is 0 Å². The van der Waals surface area contributed by atoms with Gasteiger partial charge in [-0.1, -0.05) is 39.8 Å². The summed E-state index contributed by atoms with van der Waals surface area (Å²) < 4.78 is 0. The molecular formula is C17H32N2. The van der Waals surface area contributed by atoms with Gasteiger partial charge in [0.1, 0.15) is 0 Å². The summed E-state index contributed by atoms with van der Waals surface area (Å²) in [6.45, 7) is 15.1. The van der Waals surface area contributed by atoms with Crippen LogP contribution in [0.15, 0.2) is 24.3 Å². The minimum absolute atomic E-state index is 0.987. The smallest absolute Gasteiger partial charge is 0.0340 e. The highest BCUT2D eigenvalue weighted by molar-refractivity contribution is 5.44. The predicted octanol–water partition coefficient (Wildman–Crippen LogP) is 4.42. The summed E-state index contributed by atoms with van der Waals surface area (Å²) in [5.41, 5.74) is 2.67. The van der Waals surface area contributed by atoms with E-state index in [0.29, 0.717) is 0 Å². The topological polar surface area (TPSA) is 15.3 Å². The predicted molar refractivity (Wildman–Crippen MR) is 88.1 cm³/mol. The zero-order valence-electron chi connectivity index (χ0n) is 13.5. The van der Waals surface area contributed by atoms with E-state index in [0.717, 1.165) is 19.6 Å². The third-order valence-electron chi connectivity index (χ3n) is 3.17. The van der Waals surface area contributed by atoms with E-state index in [1.54, 1.807) is 0 Å². The second-order valence-electron chi connectivity index (χ2n) is 4.36. The number of anilines is 1. The van der Waals surface area contributed by atoms with Crippen LogP contribution in [0.2, 0.25) is 0 Å². The Morgan fingerprint density at radius 1 is 0.947 bits per heavy atom. The first-order chi connectivity index (χ1) is 9.30. The van der Waals surface area contributed by atoms with Crippen molar-refractivity contribution < 1.29 is 0 Å². The molecule has 0 spiro atoms. The number of nitrogens with zero attached hydrogens (tertiary/aromatic N) is 1. The minimum atomic E-state index is 0.987. The second-order valence-corrected chi connectivity index (χ2v) is 4.36. The molecule has 19 heavy (non-hydrogen) atoms. The maximum absolute atomic E-state index is 3.32. The fourth-order valence-electron chi connectivity index (χ4n) is 2.04. The molecule has 0 amide bonds. The van der Waals surface area contributed by atoms with Gasteiger partial charge in [0.05, 0.1) is 0 Å². The maximum Gasteiger partial charge on any atom is 0.0340 e. The Kier molecular flexibility index (Phi) is 11.4. The van der Waals surface area contributed by atoms with E-state index in [1.165, 1.54) is 30.6 Å². The van der Waals surface area contributed by atoms with Crippen molar-refractivity contribution in [3.63, 3.8) is 0 Å². The Morgan fingerprint density at radius 3 is 2.00 bits per heavy atom. The van der Waals surface area contributed by atoms with Crippen molar-refractivity contribution in [3.05, 3.63) is 29.8 Å². The number of hydrogen-bond acceptors (Lipinski definition) is 2. The summed E-state index contributed by atoms with van der Waals surface area (Å²) >= 11 is 0. The monoisotopic (exact) mass is 264 g/mol. The molecule has 1 N–H and O–H groups in total. The van der Waals surface area contributed by atoms with Gasteiger partial charge >= 0.3 is 0 Å². The molecule has 0 radical (unpaired) electrons. The van der Waals surface area contributed by atoms with E-state index in [9.17, 15) is 0 Å². The SMILES string of the molecule is CC.CCNc1ccc(CCCN(CC)CC)cc1. The van der Waals surface area contributed by atoms with Crippen molar-refractivity contribution in [3.8, 4) is 0 Å². The molecule has 0 aromatic heterocycles. The van der Waals surface area contributed by atoms with Crippen molar-refractivity contribution in [2.45, 2.75) is 47.5 Å². The van der Waals surface area contributed by atoms with Crippen molar-refractivity contribution in [1.82, 2.24) is 4.90 Å². The molecule has 0 atom stereocenters. The molecule has 1 aromatic rings. The van der Waals surface area contributed by atoms with Crippen molar-refractivity contribution in [2.24, 2.45) is 0 Å². The van der Waals surface area contributed by atoms with Gasteiger partial charge in [0, 0.05) is 12.2 Å². The van der Waals surface area contributed by atoms with Gasteiger partial charge in [-0.15, -0.1) is 0 Å². The zero-order valence-corrected chi connectivity index (χ0v) is 13.5. The van der Waals surface area contributed by atoms with Gasteiger partial charge in [-0.05, 0) is 57.1 Å². The standard InChI is InChI=1S/C15H26N2.C2H6/c1-4-16-15-11-9-14(10-12-15)8-7-13-17(5-2)6-3;1-2/h9-12,16H,4-8,13H2,1-3H3;1-2H3. The lowest BCUT2D eigenvalue weighted by Crippen LogP contribution is -2.24. The highest BCUT2D eigenvalue weighted by Gasteiger charge is 1.99. The third-order valence-corrected chi connectivity index (χ3v) is 3.17. The summed E-state index contributed by atoms with van der Waals surface area (Å²) in [7, 11) is 0. The Bertz CT molecular complexity index is 289. The van der Waals surface area contributed by atoms with Crippen LogP contribution in [0.1, 0.15) is 46.6 Å². The average Bonchev–Trinajstić information content (AvgIpc) is 2.48. The van der Waals surface area contributed by atoms with Crippen molar-refractivity contribution in [1.29, 1.82) is 0 Å². The molecule has 0 unspecified atom stereocenters. The summed E-state index contributed by atoms with van der Waals surface area (Å²) in [6.07, 6.45) is 2.44. The summed E-state index contributed by atoms with van der Waals surface area (Å²) in [5, 5.41) is 3.32. The van der Waals surface area contributed by atoms with Gasteiger partial charge in [0.15, 0.2) is 0 Å². The average molecular weight is 264 g/mol. The van der Waals surface area contributed by atoms with Gasteiger partial charge in [0.2, 0.25) is 0 Å². The fraction of sp³-hybridized carbons (Fsp3) is 0.647. The molecule has 0 bridgehead atoms. The molecule has 110 valence electrons. The van der Waals surface area contributed by atoms with E-state index < -0.39 is 0 Å². The van der Waals surface area contributed by atoms with Gasteiger partial charge in [-0.25, -0.2) is 0 Å². The van der Waals surface area contributed by atoms with Gasteiger partial charge in [0.25, 0.3) is 0 Å². The van der Waals surface area contributed by atoms with Crippen LogP contribution in [0.4, 0.5) is 5.69 Å². The van der Waals surface area contributed by atoms with Gasteiger partial charge in [-0.3, -0.25) is 0 Å². The zero-order chi connectivity index (χ0) is 14.5. The third kappa shape index (κ3) is 7.89. The van der Waals surface area contributed by atoms with E-state index in [2.05, 4.69) is 55.3 Å². The number of nitrogens with one attached hydrogen (secondary N) is 1. The van der Waals surface area contributed by atoms with Crippen molar-refractivity contribution in [2.75, 3.05) is 31.5 Å². The van der Waals surface area contributed by atoms with Crippen LogP contribution in [0.5, 0.6) is 0 Å². The first-order valence-electron chi connectivity index (χ1n) is 7.85. The normalized spacial score (nSPS) is 10.0. The minimum Gasteiger partial charge on any atom is -0.385 e. The van der Waals surface area contributed by atoms with Gasteiger partial charge < -0.3 is 10.2 Å². The van der Waals surface area contributed by atoms with Crippen LogP contribution in [0, 0.1) is 0 Å². The Labute approximate surface area is 120 Å². The lowest BCUT2D eigenvalue weighted by molar-refractivity contribution is 0.300. The highest BCUT2D eigenvalue weighted by atomic mass is 15.1. The molecule has 2 heteroatoms. The Balaban J connectivity index is 0.00000154. The summed E-state index contributed by atoms with van der Waals surface area (Å²) in [4.78, 5) is 2.48. The molecule has 1 rings (SSSR count). The molecule has 1 aromatic carbocycles. The van der Waals surface area contributed by atoms with Crippen LogP contribution in [0.25, 0.3) is 0 Å². The maximum atomic E-state index is 3.32. The van der Waals surface area contributed by atoms with Crippen LogP contribution in [-0.2, 0) is 6.42 Å². The molecule has 0 aliphatic rings. The Morgan fingerprint density at radius 2 is 1.53 bits per heavy atom. The van der Waals surface area contributed by atoms with E-state index >= 15 is 0 Å².